The molecule has 104 valence electrons. The van der Waals surface area contributed by atoms with Crippen LogP contribution in [-0.2, 0) is 19.3 Å². The summed E-state index contributed by atoms with van der Waals surface area (Å²) in [7, 11) is -4.56. The van der Waals surface area contributed by atoms with Gasteiger partial charge in [-0.3, -0.25) is 4.18 Å². The van der Waals surface area contributed by atoms with Crippen molar-refractivity contribution < 1.29 is 51.4 Å². The molecule has 0 amide bonds. The zero-order valence-electron chi connectivity index (χ0n) is 11.5. The molecule has 0 unspecified atom stereocenters. The Kier molecular flexibility index (Phi) is 16.7. The van der Waals surface area contributed by atoms with E-state index in [1.54, 1.807) is 0 Å². The van der Waals surface area contributed by atoms with Gasteiger partial charge in [0.25, 0.3) is 0 Å². The topological polar surface area (TPSA) is 75.7 Å². The molecular weight excluding hydrogens is 267 g/mol. The van der Waals surface area contributed by atoms with Crippen LogP contribution in [0.15, 0.2) is 0 Å². The van der Waals surface area contributed by atoms with Gasteiger partial charge < -0.3 is 9.29 Å². The number of unbranched alkanes of at least 4 members (excludes halogenated alkanes) is 6. The third-order valence-electron chi connectivity index (χ3n) is 2.35. The van der Waals surface area contributed by atoms with E-state index in [1.807, 2.05) is 0 Å². The maximum Gasteiger partial charge on any atom is 1.00 e. The molecule has 0 radical (unpaired) electrons. The minimum Gasteiger partial charge on any atom is -0.726 e. The van der Waals surface area contributed by atoms with E-state index in [-0.39, 0.29) is 42.8 Å². The Balaban J connectivity index is 0. The summed E-state index contributed by atoms with van der Waals surface area (Å²) in [6.45, 7) is 2.74. The quantitative estimate of drug-likeness (QED) is 0.204. The predicted octanol–water partition coefficient (Wildman–Crippen LogP) is -0.766. The molecule has 0 saturated carbocycles. The van der Waals surface area contributed by atoms with Crippen LogP contribution in [0.25, 0.3) is 0 Å². The van der Waals surface area contributed by atoms with Crippen molar-refractivity contribution in [2.45, 2.75) is 51.9 Å². The standard InChI is InChI=1S/C11H24O5S.Na/c1-2-3-4-5-6-7-8-9-15-10-11-16-17(12,13)14;/h2-11H2,1H3,(H,12,13,14);/q;+1/p-1. The number of hydrogen-bond donors (Lipinski definition) is 0. The van der Waals surface area contributed by atoms with Crippen LogP contribution >= 0.6 is 0 Å². The van der Waals surface area contributed by atoms with E-state index in [4.69, 9.17) is 4.74 Å². The normalized spacial score (nSPS) is 11.2. The Morgan fingerprint density at radius 1 is 0.889 bits per heavy atom. The average molecular weight is 290 g/mol. The first kappa shape index (κ1) is 21.1. The molecule has 5 nitrogen and oxygen atoms in total. The zero-order chi connectivity index (χ0) is 13.0. The van der Waals surface area contributed by atoms with Crippen molar-refractivity contribution in [3.8, 4) is 0 Å². The van der Waals surface area contributed by atoms with Crippen LogP contribution in [0.4, 0.5) is 0 Å². The monoisotopic (exact) mass is 290 g/mol. The summed E-state index contributed by atoms with van der Waals surface area (Å²) in [4.78, 5) is 0. The average Bonchev–Trinajstić information content (AvgIpc) is 2.24. The van der Waals surface area contributed by atoms with Crippen molar-refractivity contribution in [2.24, 2.45) is 0 Å². The number of ether oxygens (including phenoxy) is 1. The largest absolute Gasteiger partial charge is 1.00 e. The van der Waals surface area contributed by atoms with E-state index in [0.29, 0.717) is 6.61 Å². The minimum atomic E-state index is -4.56. The summed E-state index contributed by atoms with van der Waals surface area (Å²) in [6.07, 6.45) is 8.44. The molecule has 0 N–H and O–H groups in total. The molecule has 0 atom stereocenters. The maximum atomic E-state index is 10.1. The molecule has 0 aromatic heterocycles. The van der Waals surface area contributed by atoms with Gasteiger partial charge in [0.2, 0.25) is 10.4 Å². The summed E-state index contributed by atoms with van der Waals surface area (Å²) >= 11 is 0. The van der Waals surface area contributed by atoms with Crippen LogP contribution in [0.2, 0.25) is 0 Å². The molecular formula is C11H23NaO5S. The Morgan fingerprint density at radius 2 is 1.44 bits per heavy atom. The molecule has 0 aliphatic carbocycles. The van der Waals surface area contributed by atoms with E-state index in [0.717, 1.165) is 12.8 Å². The molecule has 0 bridgehead atoms. The van der Waals surface area contributed by atoms with Crippen molar-refractivity contribution in [3.63, 3.8) is 0 Å². The molecule has 0 saturated heterocycles. The van der Waals surface area contributed by atoms with Gasteiger partial charge >= 0.3 is 29.6 Å². The summed E-state index contributed by atoms with van der Waals surface area (Å²) in [6, 6.07) is 0. The third-order valence-corrected chi connectivity index (χ3v) is 2.80. The summed E-state index contributed by atoms with van der Waals surface area (Å²) in [5.41, 5.74) is 0. The Hall–Kier alpha value is 0.830. The predicted molar refractivity (Wildman–Crippen MR) is 64.5 cm³/mol. The van der Waals surface area contributed by atoms with Crippen LogP contribution in [0, 0.1) is 0 Å². The molecule has 0 aromatic carbocycles. The minimum absolute atomic E-state index is 0. The third kappa shape index (κ3) is 19.2. The second-order valence-corrected chi connectivity index (χ2v) is 5.02. The first-order valence-corrected chi connectivity index (χ1v) is 7.57. The van der Waals surface area contributed by atoms with Gasteiger partial charge in [0.15, 0.2) is 0 Å². The zero-order valence-corrected chi connectivity index (χ0v) is 14.3. The van der Waals surface area contributed by atoms with Crippen molar-refractivity contribution in [1.82, 2.24) is 0 Å². The SMILES string of the molecule is CCCCCCCCCOCCOS(=O)(=O)[O-].[Na+]. The van der Waals surface area contributed by atoms with Crippen LogP contribution in [-0.4, -0.2) is 32.8 Å². The van der Waals surface area contributed by atoms with Gasteiger partial charge in [0.1, 0.15) is 0 Å². The van der Waals surface area contributed by atoms with Crippen molar-refractivity contribution in [1.29, 1.82) is 0 Å². The van der Waals surface area contributed by atoms with Gasteiger partial charge in [-0.05, 0) is 6.42 Å². The summed E-state index contributed by atoms with van der Waals surface area (Å²) < 4.78 is 39.3. The van der Waals surface area contributed by atoms with Gasteiger partial charge in [-0.25, -0.2) is 8.42 Å². The van der Waals surface area contributed by atoms with Crippen LogP contribution in [0.3, 0.4) is 0 Å². The molecule has 0 fully saturated rings. The fourth-order valence-corrected chi connectivity index (χ4v) is 1.73. The molecule has 0 aliphatic heterocycles. The van der Waals surface area contributed by atoms with E-state index < -0.39 is 10.4 Å². The van der Waals surface area contributed by atoms with Gasteiger partial charge in [-0.15, -0.1) is 0 Å². The van der Waals surface area contributed by atoms with Gasteiger partial charge in [-0.2, -0.15) is 0 Å². The molecule has 0 aromatic rings. The van der Waals surface area contributed by atoms with Crippen LogP contribution in [0.1, 0.15) is 51.9 Å². The summed E-state index contributed by atoms with van der Waals surface area (Å²) in [5, 5.41) is 0. The molecule has 7 heteroatoms. The van der Waals surface area contributed by atoms with E-state index in [2.05, 4.69) is 11.1 Å². The van der Waals surface area contributed by atoms with Crippen LogP contribution < -0.4 is 29.6 Å². The van der Waals surface area contributed by atoms with Crippen LogP contribution in [0.5, 0.6) is 0 Å². The number of rotatable bonds is 12. The second kappa shape index (κ2) is 14.2. The maximum absolute atomic E-state index is 10.1. The van der Waals surface area contributed by atoms with Crippen molar-refractivity contribution in [3.05, 3.63) is 0 Å². The van der Waals surface area contributed by atoms with Crippen molar-refractivity contribution >= 4 is 10.4 Å². The molecule has 0 spiro atoms. The van der Waals surface area contributed by atoms with Gasteiger partial charge in [-0.1, -0.05) is 45.4 Å². The Morgan fingerprint density at radius 3 is 2.00 bits per heavy atom. The van der Waals surface area contributed by atoms with E-state index >= 15 is 0 Å². The molecule has 18 heavy (non-hydrogen) atoms. The van der Waals surface area contributed by atoms with E-state index in [9.17, 15) is 13.0 Å². The fourth-order valence-electron chi connectivity index (χ4n) is 1.46. The summed E-state index contributed by atoms with van der Waals surface area (Å²) in [5.74, 6) is 0. The van der Waals surface area contributed by atoms with Gasteiger partial charge in [0, 0.05) is 6.61 Å². The molecule has 0 rings (SSSR count). The van der Waals surface area contributed by atoms with Crippen molar-refractivity contribution in [2.75, 3.05) is 19.8 Å². The first-order chi connectivity index (χ1) is 8.06. The second-order valence-electron chi connectivity index (χ2n) is 3.96. The smallest absolute Gasteiger partial charge is 0.726 e. The Bertz CT molecular complexity index is 256. The first-order valence-electron chi connectivity index (χ1n) is 6.24. The van der Waals surface area contributed by atoms with E-state index in [1.165, 1.54) is 32.1 Å². The fraction of sp³-hybridized carbons (Fsp3) is 1.00. The molecule has 0 heterocycles. The van der Waals surface area contributed by atoms with Gasteiger partial charge in [0.05, 0.1) is 13.2 Å². The number of hydrogen-bond acceptors (Lipinski definition) is 5. The Labute approximate surface area is 133 Å². The molecule has 0 aliphatic rings.